The number of carbonyl (C=O) groups is 1. The minimum atomic E-state index is -0.147. The molecule has 0 bridgehead atoms. The lowest BCUT2D eigenvalue weighted by Gasteiger charge is -2.07. The van der Waals surface area contributed by atoms with Gasteiger partial charge in [0.05, 0.1) is 24.1 Å². The largest absolute Gasteiger partial charge is 0.376 e. The summed E-state index contributed by atoms with van der Waals surface area (Å²) in [7, 11) is 0. The first kappa shape index (κ1) is 13.8. The number of carbonyl (C=O) groups excluding carboxylic acids is 1. The Bertz CT molecular complexity index is 445. The zero-order valence-corrected chi connectivity index (χ0v) is 11.3. The molecule has 0 aliphatic heterocycles. The molecule has 4 nitrogen and oxygen atoms in total. The zero-order chi connectivity index (χ0) is 12.7. The maximum atomic E-state index is 11.3. The Balaban J connectivity index is 2.37. The predicted molar refractivity (Wildman–Crippen MR) is 70.9 cm³/mol. The van der Waals surface area contributed by atoms with Crippen molar-refractivity contribution in [3.63, 3.8) is 0 Å². The number of benzene rings is 1. The van der Waals surface area contributed by atoms with Gasteiger partial charge in [0.15, 0.2) is 0 Å². The number of nitrogens with one attached hydrogen (secondary N) is 2. The molecule has 6 heteroatoms. The lowest BCUT2D eigenvalue weighted by Crippen LogP contribution is -2.30. The Kier molecular flexibility index (Phi) is 5.81. The first-order chi connectivity index (χ1) is 8.13. The summed E-state index contributed by atoms with van der Waals surface area (Å²) in [6.45, 7) is 0.542. The van der Waals surface area contributed by atoms with Gasteiger partial charge < -0.3 is 10.6 Å². The first-order valence-corrected chi connectivity index (χ1v) is 6.13. The fraction of sp³-hybridized carbons (Fsp3) is 0.273. The van der Waals surface area contributed by atoms with Gasteiger partial charge in [-0.25, -0.2) is 0 Å². The molecule has 2 N–H and O–H groups in total. The molecular formula is C11H11BrClN3O. The molecule has 0 spiro atoms. The van der Waals surface area contributed by atoms with Crippen LogP contribution >= 0.6 is 27.5 Å². The molecule has 0 aliphatic carbocycles. The van der Waals surface area contributed by atoms with Gasteiger partial charge in [-0.15, -0.1) is 0 Å². The van der Waals surface area contributed by atoms with Gasteiger partial charge in [0, 0.05) is 16.7 Å². The molecule has 0 unspecified atom stereocenters. The van der Waals surface area contributed by atoms with E-state index in [4.69, 9.17) is 16.9 Å². The summed E-state index contributed by atoms with van der Waals surface area (Å²) in [6, 6.07) is 7.28. The van der Waals surface area contributed by atoms with Crippen molar-refractivity contribution in [3.05, 3.63) is 27.7 Å². The Morgan fingerprint density at radius 3 is 2.94 bits per heavy atom. The highest BCUT2D eigenvalue weighted by molar-refractivity contribution is 9.10. The molecule has 1 amide bonds. The van der Waals surface area contributed by atoms with Crippen molar-refractivity contribution in [3.8, 4) is 6.07 Å². The van der Waals surface area contributed by atoms with Gasteiger partial charge in [-0.1, -0.05) is 11.6 Å². The van der Waals surface area contributed by atoms with Crippen LogP contribution in [-0.2, 0) is 4.79 Å². The third-order valence-electron chi connectivity index (χ3n) is 1.93. The van der Waals surface area contributed by atoms with E-state index < -0.39 is 0 Å². The monoisotopic (exact) mass is 315 g/mol. The molecule has 0 radical (unpaired) electrons. The van der Waals surface area contributed by atoms with Gasteiger partial charge in [-0.05, 0) is 34.1 Å². The molecule has 1 rings (SSSR count). The van der Waals surface area contributed by atoms with Gasteiger partial charge in [-0.2, -0.15) is 5.26 Å². The zero-order valence-electron chi connectivity index (χ0n) is 8.96. The summed E-state index contributed by atoms with van der Waals surface area (Å²) in [5.41, 5.74) is 0.803. The second-order valence-corrected chi connectivity index (χ2v) is 4.50. The van der Waals surface area contributed by atoms with E-state index in [0.717, 1.165) is 10.2 Å². The third-order valence-corrected chi connectivity index (χ3v) is 3.15. The highest BCUT2D eigenvalue weighted by Gasteiger charge is 2.02. The number of rotatable bonds is 5. The Morgan fingerprint density at radius 2 is 2.29 bits per heavy atom. The van der Waals surface area contributed by atoms with Gasteiger partial charge in [0.2, 0.25) is 5.91 Å². The van der Waals surface area contributed by atoms with Gasteiger partial charge in [-0.3, -0.25) is 4.79 Å². The normalized spacial score (nSPS) is 9.47. The van der Waals surface area contributed by atoms with Crippen LogP contribution in [0.15, 0.2) is 22.7 Å². The molecule has 0 saturated heterocycles. The first-order valence-electron chi connectivity index (χ1n) is 4.96. The Hall–Kier alpha value is -1.25. The van der Waals surface area contributed by atoms with E-state index in [9.17, 15) is 4.79 Å². The number of hydrogen-bond donors (Lipinski definition) is 2. The predicted octanol–water partition coefficient (Wildman–Crippen LogP) is 2.54. The standard InChI is InChI=1S/C11H11BrClN3O/c12-9-6-8(2-3-10(9)13)16-7-11(17)15-5-1-4-14/h2-3,6,16H,1,5,7H2,(H,15,17). The SMILES string of the molecule is N#CCCNC(=O)CNc1ccc(Cl)c(Br)c1. The molecular weight excluding hydrogens is 305 g/mol. The molecule has 0 fully saturated rings. The fourth-order valence-electron chi connectivity index (χ4n) is 1.11. The van der Waals surface area contributed by atoms with Crippen LogP contribution in [0.2, 0.25) is 5.02 Å². The van der Waals surface area contributed by atoms with Crippen molar-refractivity contribution < 1.29 is 4.79 Å². The second-order valence-electron chi connectivity index (χ2n) is 3.24. The lowest BCUT2D eigenvalue weighted by molar-refractivity contribution is -0.119. The summed E-state index contributed by atoms with van der Waals surface area (Å²) in [5.74, 6) is -0.147. The summed E-state index contributed by atoms with van der Waals surface area (Å²) >= 11 is 9.14. The maximum Gasteiger partial charge on any atom is 0.239 e. The molecule has 0 aromatic heterocycles. The van der Waals surface area contributed by atoms with Crippen LogP contribution in [0.5, 0.6) is 0 Å². The van der Waals surface area contributed by atoms with Crippen LogP contribution in [0.25, 0.3) is 0 Å². The number of hydrogen-bond acceptors (Lipinski definition) is 3. The molecule has 0 heterocycles. The minimum Gasteiger partial charge on any atom is -0.376 e. The Labute approximate surface area is 113 Å². The van der Waals surface area contributed by atoms with E-state index in [-0.39, 0.29) is 12.5 Å². The summed E-state index contributed by atoms with van der Waals surface area (Å²) in [5, 5.41) is 14.5. The van der Waals surface area contributed by atoms with E-state index in [1.54, 1.807) is 18.2 Å². The molecule has 0 saturated carbocycles. The van der Waals surface area contributed by atoms with Crippen molar-refractivity contribution in [1.29, 1.82) is 5.26 Å². The van der Waals surface area contributed by atoms with Crippen LogP contribution in [0.4, 0.5) is 5.69 Å². The van der Waals surface area contributed by atoms with Crippen molar-refractivity contribution in [2.24, 2.45) is 0 Å². The molecule has 1 aromatic carbocycles. The van der Waals surface area contributed by atoms with Crippen LogP contribution in [0.1, 0.15) is 6.42 Å². The molecule has 17 heavy (non-hydrogen) atoms. The summed E-state index contributed by atoms with van der Waals surface area (Å²) < 4.78 is 0.772. The molecule has 0 atom stereocenters. The fourth-order valence-corrected chi connectivity index (χ4v) is 1.61. The van der Waals surface area contributed by atoms with E-state index in [2.05, 4.69) is 26.6 Å². The van der Waals surface area contributed by atoms with Crippen LogP contribution < -0.4 is 10.6 Å². The number of nitrogens with zero attached hydrogens (tertiary/aromatic N) is 1. The van der Waals surface area contributed by atoms with E-state index >= 15 is 0 Å². The van der Waals surface area contributed by atoms with Crippen LogP contribution in [0.3, 0.4) is 0 Å². The van der Waals surface area contributed by atoms with Crippen molar-refractivity contribution in [2.45, 2.75) is 6.42 Å². The number of anilines is 1. The van der Waals surface area contributed by atoms with Crippen molar-refractivity contribution >= 4 is 39.1 Å². The molecule has 90 valence electrons. The average Bonchev–Trinajstić information content (AvgIpc) is 2.31. The Morgan fingerprint density at radius 1 is 1.53 bits per heavy atom. The third kappa shape index (κ3) is 5.07. The lowest BCUT2D eigenvalue weighted by atomic mass is 10.3. The van der Waals surface area contributed by atoms with Crippen LogP contribution in [0, 0.1) is 11.3 Å². The molecule has 1 aromatic rings. The van der Waals surface area contributed by atoms with Crippen molar-refractivity contribution in [2.75, 3.05) is 18.4 Å². The van der Waals surface area contributed by atoms with Crippen LogP contribution in [-0.4, -0.2) is 19.0 Å². The van der Waals surface area contributed by atoms with E-state index in [1.165, 1.54) is 0 Å². The number of halogens is 2. The van der Waals surface area contributed by atoms with E-state index in [1.807, 2.05) is 6.07 Å². The highest BCUT2D eigenvalue weighted by Crippen LogP contribution is 2.25. The smallest absolute Gasteiger partial charge is 0.239 e. The summed E-state index contributed by atoms with van der Waals surface area (Å²) in [4.78, 5) is 11.3. The van der Waals surface area contributed by atoms with Gasteiger partial charge in [0.1, 0.15) is 0 Å². The van der Waals surface area contributed by atoms with Gasteiger partial charge in [0.25, 0.3) is 0 Å². The number of amides is 1. The average molecular weight is 317 g/mol. The molecule has 0 aliphatic rings. The highest BCUT2D eigenvalue weighted by atomic mass is 79.9. The maximum absolute atomic E-state index is 11.3. The summed E-state index contributed by atoms with van der Waals surface area (Å²) in [6.07, 6.45) is 0.318. The quantitative estimate of drug-likeness (QED) is 0.821. The topological polar surface area (TPSA) is 64.9 Å². The number of nitriles is 1. The van der Waals surface area contributed by atoms with E-state index in [0.29, 0.717) is 18.0 Å². The van der Waals surface area contributed by atoms with Crippen molar-refractivity contribution in [1.82, 2.24) is 5.32 Å². The second kappa shape index (κ2) is 7.15. The van der Waals surface area contributed by atoms with Gasteiger partial charge >= 0.3 is 0 Å². The minimum absolute atomic E-state index is 0.147.